The Balaban J connectivity index is 2.13. The normalized spacial score (nSPS) is 56.1. The molecular weight excluding hydrogens is 212 g/mol. The van der Waals surface area contributed by atoms with E-state index >= 15 is 0 Å². The lowest BCUT2D eigenvalue weighted by atomic mass is 9.48. The second kappa shape index (κ2) is 2.79. The molecule has 0 bridgehead atoms. The highest BCUT2D eigenvalue weighted by Gasteiger charge is 2.79. The number of hydrogen-bond acceptors (Lipinski definition) is 2. The first-order valence-electron chi connectivity index (χ1n) is 6.93. The molecule has 96 valence electrons. The minimum atomic E-state index is -0.759. The Hall–Kier alpha value is -0.370. The zero-order valence-corrected chi connectivity index (χ0v) is 11.5. The van der Waals surface area contributed by atoms with Crippen LogP contribution in [0.15, 0.2) is 0 Å². The summed E-state index contributed by atoms with van der Waals surface area (Å²) in [5.74, 6) is 0.650. The summed E-state index contributed by atoms with van der Waals surface area (Å²) in [5.41, 5.74) is -0.644. The molecule has 17 heavy (non-hydrogen) atoms. The second-order valence-electron chi connectivity index (χ2n) is 7.75. The third kappa shape index (κ3) is 1.09. The fourth-order valence-electron chi connectivity index (χ4n) is 5.48. The SMILES string of the molecule is CC1(O)CC(=O)C2(C)CCCC(C)(C)C23CC13. The zero-order chi connectivity index (χ0) is 12.7. The van der Waals surface area contributed by atoms with Crippen LogP contribution in [0.2, 0.25) is 0 Å². The molecule has 3 saturated carbocycles. The van der Waals surface area contributed by atoms with E-state index in [0.717, 1.165) is 19.3 Å². The van der Waals surface area contributed by atoms with E-state index < -0.39 is 5.60 Å². The standard InChI is InChI=1S/C15H24O2/c1-12(2)6-5-7-13(3)11(16)9-14(4,17)10-8-15(10,12)13/h10,17H,5-9H2,1-4H3. The molecule has 0 aliphatic heterocycles. The van der Waals surface area contributed by atoms with Crippen molar-refractivity contribution in [1.29, 1.82) is 0 Å². The maximum absolute atomic E-state index is 12.5. The molecule has 2 heteroatoms. The fraction of sp³-hybridized carbons (Fsp3) is 0.933. The van der Waals surface area contributed by atoms with Gasteiger partial charge in [0, 0.05) is 11.8 Å². The van der Waals surface area contributed by atoms with Gasteiger partial charge in [0.05, 0.1) is 5.60 Å². The lowest BCUT2D eigenvalue weighted by Crippen LogP contribution is -2.57. The molecule has 0 amide bonds. The molecule has 0 radical (unpaired) electrons. The van der Waals surface area contributed by atoms with Gasteiger partial charge in [0.1, 0.15) is 5.78 Å². The van der Waals surface area contributed by atoms with Crippen LogP contribution in [-0.2, 0) is 4.79 Å². The summed E-state index contributed by atoms with van der Waals surface area (Å²) >= 11 is 0. The van der Waals surface area contributed by atoms with E-state index in [0.29, 0.717) is 18.1 Å². The Kier molecular flexibility index (Phi) is 1.92. The number of ketones is 1. The number of hydrogen-bond donors (Lipinski definition) is 1. The van der Waals surface area contributed by atoms with Crippen molar-refractivity contribution in [3.8, 4) is 0 Å². The van der Waals surface area contributed by atoms with Gasteiger partial charge in [-0.1, -0.05) is 27.2 Å². The molecule has 0 saturated heterocycles. The van der Waals surface area contributed by atoms with Gasteiger partial charge in [-0.15, -0.1) is 0 Å². The Morgan fingerprint density at radius 2 is 1.82 bits per heavy atom. The molecule has 0 aromatic carbocycles. The summed E-state index contributed by atoms with van der Waals surface area (Å²) in [6.45, 7) is 8.65. The maximum atomic E-state index is 12.5. The molecule has 0 aromatic heterocycles. The van der Waals surface area contributed by atoms with Crippen LogP contribution in [0, 0.1) is 22.2 Å². The van der Waals surface area contributed by atoms with E-state index in [1.54, 1.807) is 0 Å². The first-order valence-corrected chi connectivity index (χ1v) is 6.93. The quantitative estimate of drug-likeness (QED) is 0.702. The van der Waals surface area contributed by atoms with Crippen LogP contribution in [0.3, 0.4) is 0 Å². The molecule has 0 aromatic rings. The predicted molar refractivity (Wildman–Crippen MR) is 66.5 cm³/mol. The minimum absolute atomic E-state index is 0.0804. The van der Waals surface area contributed by atoms with E-state index in [1.807, 2.05) is 6.92 Å². The lowest BCUT2D eigenvalue weighted by Gasteiger charge is -2.56. The highest BCUT2D eigenvalue weighted by Crippen LogP contribution is 2.81. The van der Waals surface area contributed by atoms with Crippen molar-refractivity contribution < 1.29 is 9.90 Å². The first kappa shape index (κ1) is 11.7. The number of carbonyl (C=O) groups is 1. The summed E-state index contributed by atoms with van der Waals surface area (Å²) in [5, 5.41) is 10.5. The van der Waals surface area contributed by atoms with Crippen LogP contribution in [0.5, 0.6) is 0 Å². The Morgan fingerprint density at radius 1 is 1.18 bits per heavy atom. The average Bonchev–Trinajstić information content (AvgIpc) is 2.90. The molecule has 1 spiro atoms. The van der Waals surface area contributed by atoms with Gasteiger partial charge in [0.15, 0.2) is 0 Å². The summed E-state index contributed by atoms with van der Waals surface area (Å²) in [4.78, 5) is 12.5. The van der Waals surface area contributed by atoms with Crippen molar-refractivity contribution in [2.24, 2.45) is 22.2 Å². The van der Waals surface area contributed by atoms with Crippen molar-refractivity contribution in [2.45, 2.75) is 65.4 Å². The molecule has 3 aliphatic carbocycles. The van der Waals surface area contributed by atoms with Crippen LogP contribution >= 0.6 is 0 Å². The lowest BCUT2D eigenvalue weighted by molar-refractivity contribution is -0.162. The predicted octanol–water partition coefficient (Wildman–Crippen LogP) is 2.93. The van der Waals surface area contributed by atoms with Gasteiger partial charge in [0.2, 0.25) is 0 Å². The smallest absolute Gasteiger partial charge is 0.142 e. The van der Waals surface area contributed by atoms with Gasteiger partial charge in [0.25, 0.3) is 0 Å². The molecule has 4 atom stereocenters. The van der Waals surface area contributed by atoms with Crippen molar-refractivity contribution in [2.75, 3.05) is 0 Å². The van der Waals surface area contributed by atoms with Crippen LogP contribution in [0.1, 0.15) is 59.8 Å². The third-order valence-corrected chi connectivity index (χ3v) is 6.52. The number of Topliss-reactive ketones (excluding diaryl/α,β-unsaturated/α-hetero) is 1. The molecule has 3 aliphatic rings. The topological polar surface area (TPSA) is 37.3 Å². The highest BCUT2D eigenvalue weighted by molar-refractivity contribution is 5.89. The maximum Gasteiger partial charge on any atom is 0.142 e. The first-order chi connectivity index (χ1) is 7.67. The van der Waals surface area contributed by atoms with E-state index in [9.17, 15) is 9.90 Å². The summed E-state index contributed by atoms with van der Waals surface area (Å²) in [6.07, 6.45) is 4.80. The molecular formula is C15H24O2. The Morgan fingerprint density at radius 3 is 2.47 bits per heavy atom. The second-order valence-corrected chi connectivity index (χ2v) is 7.75. The molecule has 4 unspecified atom stereocenters. The van der Waals surface area contributed by atoms with Crippen LogP contribution in [0.4, 0.5) is 0 Å². The minimum Gasteiger partial charge on any atom is -0.389 e. The van der Waals surface area contributed by atoms with Gasteiger partial charge in [-0.2, -0.15) is 0 Å². The Labute approximate surface area is 104 Å². The monoisotopic (exact) mass is 236 g/mol. The van der Waals surface area contributed by atoms with E-state index in [-0.39, 0.29) is 16.2 Å². The average molecular weight is 236 g/mol. The van der Waals surface area contributed by atoms with Gasteiger partial charge in [-0.05, 0) is 42.9 Å². The van der Waals surface area contributed by atoms with Gasteiger partial charge >= 0.3 is 0 Å². The van der Waals surface area contributed by atoms with E-state index in [4.69, 9.17) is 0 Å². The van der Waals surface area contributed by atoms with Crippen molar-refractivity contribution >= 4 is 5.78 Å². The van der Waals surface area contributed by atoms with Crippen molar-refractivity contribution in [1.82, 2.24) is 0 Å². The highest BCUT2D eigenvalue weighted by atomic mass is 16.3. The summed E-state index contributed by atoms with van der Waals surface area (Å²) in [7, 11) is 0. The Bertz CT molecular complexity index is 396. The van der Waals surface area contributed by atoms with Crippen LogP contribution < -0.4 is 0 Å². The molecule has 1 N–H and O–H groups in total. The van der Waals surface area contributed by atoms with Gasteiger partial charge in [-0.25, -0.2) is 0 Å². The number of rotatable bonds is 0. The van der Waals surface area contributed by atoms with Gasteiger partial charge < -0.3 is 5.11 Å². The third-order valence-electron chi connectivity index (χ3n) is 6.52. The molecule has 2 nitrogen and oxygen atoms in total. The van der Waals surface area contributed by atoms with E-state index in [1.165, 1.54) is 6.42 Å². The summed E-state index contributed by atoms with van der Waals surface area (Å²) in [6, 6.07) is 0. The van der Waals surface area contributed by atoms with E-state index in [2.05, 4.69) is 20.8 Å². The summed E-state index contributed by atoms with van der Waals surface area (Å²) < 4.78 is 0. The zero-order valence-electron chi connectivity index (χ0n) is 11.5. The fourth-order valence-corrected chi connectivity index (χ4v) is 5.48. The van der Waals surface area contributed by atoms with Crippen molar-refractivity contribution in [3.05, 3.63) is 0 Å². The molecule has 3 rings (SSSR count). The molecule has 3 fully saturated rings. The van der Waals surface area contributed by atoms with Crippen molar-refractivity contribution in [3.63, 3.8) is 0 Å². The number of carbonyl (C=O) groups excluding carboxylic acids is 1. The largest absolute Gasteiger partial charge is 0.389 e. The molecule has 0 heterocycles. The number of aliphatic hydroxyl groups is 1. The van der Waals surface area contributed by atoms with Crippen LogP contribution in [0.25, 0.3) is 0 Å². The van der Waals surface area contributed by atoms with Gasteiger partial charge in [-0.3, -0.25) is 4.79 Å². The van der Waals surface area contributed by atoms with Crippen LogP contribution in [-0.4, -0.2) is 16.5 Å².